The van der Waals surface area contributed by atoms with Gasteiger partial charge in [-0.05, 0) is 57.8 Å². The molecule has 11 nitrogen and oxygen atoms in total. The highest BCUT2D eigenvalue weighted by molar-refractivity contribution is 5.76. The van der Waals surface area contributed by atoms with E-state index in [1.165, 1.54) is 327 Å². The maximum absolute atomic E-state index is 13.1. The summed E-state index contributed by atoms with van der Waals surface area (Å²) >= 11 is 0. The Bertz CT molecular complexity index is 1540. The highest BCUT2D eigenvalue weighted by Crippen LogP contribution is 2.24. The van der Waals surface area contributed by atoms with Crippen molar-refractivity contribution in [2.75, 3.05) is 19.8 Å². The van der Waals surface area contributed by atoms with E-state index in [9.17, 15) is 35.1 Å². The summed E-state index contributed by atoms with van der Waals surface area (Å²) in [5.41, 5.74) is 0. The van der Waals surface area contributed by atoms with Gasteiger partial charge in [-0.1, -0.05) is 359 Å². The second kappa shape index (κ2) is 68.5. The molecule has 0 aromatic heterocycles. The van der Waals surface area contributed by atoms with Gasteiger partial charge < -0.3 is 45.1 Å². The van der Waals surface area contributed by atoms with Gasteiger partial charge in [0.2, 0.25) is 5.91 Å². The second-order valence-electron chi connectivity index (χ2n) is 27.8. The van der Waals surface area contributed by atoms with Crippen molar-refractivity contribution >= 4 is 11.9 Å². The van der Waals surface area contributed by atoms with Gasteiger partial charge in [0, 0.05) is 12.8 Å². The van der Waals surface area contributed by atoms with E-state index in [4.69, 9.17) is 14.2 Å². The van der Waals surface area contributed by atoms with Crippen molar-refractivity contribution in [2.45, 2.75) is 448 Å². The van der Waals surface area contributed by atoms with Gasteiger partial charge in [-0.25, -0.2) is 0 Å². The van der Waals surface area contributed by atoms with Gasteiger partial charge in [0.05, 0.1) is 32.0 Å². The zero-order chi connectivity index (χ0) is 65.1. The summed E-state index contributed by atoms with van der Waals surface area (Å²) in [5, 5.41) is 54.6. The molecule has 1 heterocycles. The first kappa shape index (κ1) is 86.2. The fourth-order valence-corrected chi connectivity index (χ4v) is 12.8. The van der Waals surface area contributed by atoms with Crippen LogP contribution in [-0.4, -0.2) is 100 Å². The van der Waals surface area contributed by atoms with E-state index < -0.39 is 49.5 Å². The third-order valence-corrected chi connectivity index (χ3v) is 19.1. The van der Waals surface area contributed by atoms with E-state index in [-0.39, 0.29) is 18.5 Å². The Morgan fingerprint density at radius 2 is 0.711 bits per heavy atom. The smallest absolute Gasteiger partial charge is 0.305 e. The molecular formula is C79H151NO10. The Kier molecular flexibility index (Phi) is 65.6. The molecule has 1 fully saturated rings. The van der Waals surface area contributed by atoms with Crippen molar-refractivity contribution in [3.8, 4) is 0 Å². The number of ether oxygens (including phenoxy) is 3. The average Bonchev–Trinajstić information content (AvgIpc) is 1.17. The SMILES string of the molecule is CCCCCCCCCCCCCC/C=C/C(O)C(COC1OC(CO)C(O)C(O)C1O)NC(=O)CCCCCCCCCCCCCCCCCCC/C=C\CCCCCCCCCCCCCCCCCCOC(=O)CCCCCCCCCCCCC. The number of aliphatic hydroxyl groups excluding tert-OH is 5. The molecule has 0 aromatic carbocycles. The minimum Gasteiger partial charge on any atom is -0.466 e. The molecule has 1 aliphatic heterocycles. The predicted molar refractivity (Wildman–Crippen MR) is 380 cm³/mol. The monoisotopic (exact) mass is 1270 g/mol. The number of rotatable bonds is 71. The lowest BCUT2D eigenvalue weighted by Gasteiger charge is -2.40. The van der Waals surface area contributed by atoms with Gasteiger partial charge in [0.1, 0.15) is 24.4 Å². The van der Waals surface area contributed by atoms with E-state index in [2.05, 4.69) is 31.3 Å². The molecule has 0 aliphatic carbocycles. The minimum absolute atomic E-state index is 0.0157. The first-order valence-corrected chi connectivity index (χ1v) is 39.6. The number of hydrogen-bond donors (Lipinski definition) is 6. The second-order valence-corrected chi connectivity index (χ2v) is 27.8. The normalized spacial score (nSPS) is 17.7. The fraction of sp³-hybridized carbons (Fsp3) is 0.924. The number of aliphatic hydroxyl groups is 5. The van der Waals surface area contributed by atoms with Crippen molar-refractivity contribution in [3.05, 3.63) is 24.3 Å². The number of hydrogen-bond acceptors (Lipinski definition) is 10. The largest absolute Gasteiger partial charge is 0.466 e. The average molecular weight is 1280 g/mol. The first-order valence-electron chi connectivity index (χ1n) is 39.6. The van der Waals surface area contributed by atoms with Crippen molar-refractivity contribution in [1.29, 1.82) is 0 Å². The van der Waals surface area contributed by atoms with E-state index >= 15 is 0 Å². The van der Waals surface area contributed by atoms with Gasteiger partial charge in [0.15, 0.2) is 6.29 Å². The van der Waals surface area contributed by atoms with Crippen LogP contribution in [0.5, 0.6) is 0 Å². The van der Waals surface area contributed by atoms with Crippen LogP contribution < -0.4 is 5.32 Å². The highest BCUT2D eigenvalue weighted by Gasteiger charge is 2.44. The summed E-state index contributed by atoms with van der Waals surface area (Å²) in [7, 11) is 0. The number of allylic oxidation sites excluding steroid dienone is 3. The zero-order valence-corrected chi connectivity index (χ0v) is 59.4. The molecule has 7 atom stereocenters. The van der Waals surface area contributed by atoms with Crippen LogP contribution in [0.25, 0.3) is 0 Å². The Morgan fingerprint density at radius 3 is 1.07 bits per heavy atom. The summed E-state index contributed by atoms with van der Waals surface area (Å²) in [5.74, 6) is -0.159. The fourth-order valence-electron chi connectivity index (χ4n) is 12.8. The molecule has 1 rings (SSSR count). The molecule has 1 aliphatic rings. The summed E-state index contributed by atoms with van der Waals surface area (Å²) in [6.07, 6.45) is 77.7. The Balaban J connectivity index is 1.92. The molecule has 7 unspecified atom stereocenters. The quantitative estimate of drug-likeness (QED) is 0.0195. The van der Waals surface area contributed by atoms with Crippen molar-refractivity contribution in [3.63, 3.8) is 0 Å². The number of carbonyl (C=O) groups excluding carboxylic acids is 2. The lowest BCUT2D eigenvalue weighted by molar-refractivity contribution is -0.302. The Labute approximate surface area is 556 Å². The number of carbonyl (C=O) groups is 2. The van der Waals surface area contributed by atoms with Crippen molar-refractivity contribution < 1.29 is 49.3 Å². The summed E-state index contributed by atoms with van der Waals surface area (Å²) in [6, 6.07) is -0.807. The lowest BCUT2D eigenvalue weighted by atomic mass is 9.99. The molecule has 90 heavy (non-hydrogen) atoms. The molecule has 1 amide bonds. The molecular weight excluding hydrogens is 1120 g/mol. The topological polar surface area (TPSA) is 175 Å². The van der Waals surface area contributed by atoms with Crippen LogP contribution in [0, 0.1) is 0 Å². The summed E-state index contributed by atoms with van der Waals surface area (Å²) in [6.45, 7) is 4.40. The van der Waals surface area contributed by atoms with Gasteiger partial charge in [-0.15, -0.1) is 0 Å². The van der Waals surface area contributed by atoms with Crippen molar-refractivity contribution in [1.82, 2.24) is 5.32 Å². The van der Waals surface area contributed by atoms with Crippen LogP contribution in [0.4, 0.5) is 0 Å². The molecule has 0 aromatic rings. The van der Waals surface area contributed by atoms with Gasteiger partial charge >= 0.3 is 5.97 Å². The van der Waals surface area contributed by atoms with Crippen LogP contribution >= 0.6 is 0 Å². The van der Waals surface area contributed by atoms with Crippen LogP contribution in [-0.2, 0) is 23.8 Å². The van der Waals surface area contributed by atoms with Gasteiger partial charge in [0.25, 0.3) is 0 Å². The lowest BCUT2D eigenvalue weighted by Crippen LogP contribution is -2.60. The van der Waals surface area contributed by atoms with Crippen LogP contribution in [0.15, 0.2) is 24.3 Å². The van der Waals surface area contributed by atoms with E-state index in [1.807, 2.05) is 6.08 Å². The number of esters is 1. The summed E-state index contributed by atoms with van der Waals surface area (Å²) in [4.78, 5) is 25.1. The Morgan fingerprint density at radius 1 is 0.400 bits per heavy atom. The Hall–Kier alpha value is -1.86. The minimum atomic E-state index is -1.57. The van der Waals surface area contributed by atoms with E-state index in [1.54, 1.807) is 6.08 Å². The molecule has 532 valence electrons. The third kappa shape index (κ3) is 56.5. The van der Waals surface area contributed by atoms with Gasteiger partial charge in [-0.2, -0.15) is 0 Å². The van der Waals surface area contributed by atoms with Crippen LogP contribution in [0.2, 0.25) is 0 Å². The van der Waals surface area contributed by atoms with Crippen LogP contribution in [0.3, 0.4) is 0 Å². The van der Waals surface area contributed by atoms with E-state index in [0.717, 1.165) is 51.4 Å². The maximum Gasteiger partial charge on any atom is 0.305 e. The molecule has 0 bridgehead atoms. The zero-order valence-electron chi connectivity index (χ0n) is 59.4. The third-order valence-electron chi connectivity index (χ3n) is 19.1. The van der Waals surface area contributed by atoms with E-state index in [0.29, 0.717) is 19.4 Å². The number of amides is 1. The summed E-state index contributed by atoms with van der Waals surface area (Å²) < 4.78 is 16.8. The molecule has 0 spiro atoms. The predicted octanol–water partition coefficient (Wildman–Crippen LogP) is 21.1. The molecule has 6 N–H and O–H groups in total. The van der Waals surface area contributed by atoms with Crippen molar-refractivity contribution in [2.24, 2.45) is 0 Å². The highest BCUT2D eigenvalue weighted by atomic mass is 16.7. The van der Waals surface area contributed by atoms with Crippen LogP contribution in [0.1, 0.15) is 406 Å². The maximum atomic E-state index is 13.1. The standard InChI is InChI=1S/C79H151NO10/c1-3-5-7-9-11-13-15-16-42-46-49-53-57-61-65-72(82)71(70-89-79-78(87)77(86)76(85)73(69-81)90-79)80-74(83)66-62-58-54-50-47-43-40-38-36-34-32-30-28-26-24-22-20-18-17-19-21-23-25-27-29-31-33-35-37-39-41-44-48-52-56-60-64-68-88-75(84)67-63-59-55-51-45-14-12-10-8-6-4-2/h17,19,61,65,71-73,76-79,81-82,85-87H,3-16,18,20-60,62-64,66-70H2,1-2H3,(H,80,83)/b19-17-,65-61+. The molecule has 1 saturated heterocycles. The number of unbranched alkanes of at least 4 members (excludes halogenated alkanes) is 55. The molecule has 0 saturated carbocycles. The molecule has 0 radical (unpaired) electrons. The van der Waals surface area contributed by atoms with Gasteiger partial charge in [-0.3, -0.25) is 9.59 Å². The first-order chi connectivity index (χ1) is 44.2. The molecule has 11 heteroatoms. The number of nitrogens with one attached hydrogen (secondary N) is 1.